The Bertz CT molecular complexity index is 1750. The fourth-order valence-corrected chi connectivity index (χ4v) is 7.18. The van der Waals surface area contributed by atoms with Crippen molar-refractivity contribution in [3.05, 3.63) is 29.2 Å². The number of hydrogen-bond donors (Lipinski definition) is 2. The molecular formula is C31H37F2N7O4. The number of alkyl halides is 1. The number of hydrogen-bond acceptors (Lipinski definition) is 10. The summed E-state index contributed by atoms with van der Waals surface area (Å²) >= 11 is 0. The van der Waals surface area contributed by atoms with E-state index >= 15 is 4.39 Å². The lowest BCUT2D eigenvalue weighted by Crippen LogP contribution is -2.44. The molecule has 0 spiro atoms. The van der Waals surface area contributed by atoms with Crippen LogP contribution < -0.4 is 14.4 Å². The van der Waals surface area contributed by atoms with Crippen LogP contribution in [0.25, 0.3) is 33.1 Å². The average molecular weight is 610 g/mol. The molecule has 0 bridgehead atoms. The van der Waals surface area contributed by atoms with Crippen molar-refractivity contribution in [2.24, 2.45) is 0 Å². The first-order valence-corrected chi connectivity index (χ1v) is 15.0. The Morgan fingerprint density at radius 2 is 2.07 bits per heavy atom. The van der Waals surface area contributed by atoms with Gasteiger partial charge in [0.15, 0.2) is 5.82 Å². The molecule has 3 atom stereocenters. The number of fused-ring (bicyclic) bond motifs is 3. The number of aromatic amines is 1. The van der Waals surface area contributed by atoms with Gasteiger partial charge in [-0.3, -0.25) is 10.00 Å². The number of methoxy groups -OCH3 is 1. The molecule has 44 heavy (non-hydrogen) atoms. The van der Waals surface area contributed by atoms with Crippen LogP contribution in [0.5, 0.6) is 11.9 Å². The molecule has 1 aromatic carbocycles. The quantitative estimate of drug-likeness (QED) is 0.333. The summed E-state index contributed by atoms with van der Waals surface area (Å²) < 4.78 is 49.1. The zero-order valence-corrected chi connectivity index (χ0v) is 25.4. The summed E-state index contributed by atoms with van der Waals surface area (Å²) in [5, 5.41) is 19.1. The molecule has 0 amide bonds. The van der Waals surface area contributed by atoms with E-state index in [0.29, 0.717) is 37.5 Å². The molecule has 3 fully saturated rings. The molecule has 3 saturated heterocycles. The molecule has 3 aliphatic rings. The number of nitrogens with one attached hydrogen (secondary N) is 1. The number of rotatable bonds is 6. The standard InChI is InChI=1S/C31H37F2N7O4/c1-17-10-21-20(12-34-38-21)22(18(17)2)25-24(33)26-23(28(35-25)42-4)27(39-8-9-43-15-30(3,41)14-39)37-29(36-26)44-16-31-6-5-7-40(31)13-19(32)11-31/h10,12,19,41H,5-9,11,13-16H2,1-4H3,(H,34,38). The van der Waals surface area contributed by atoms with Crippen LogP contribution in [0, 0.1) is 19.7 Å². The first kappa shape index (κ1) is 29.1. The van der Waals surface area contributed by atoms with Gasteiger partial charge in [-0.05, 0) is 57.4 Å². The van der Waals surface area contributed by atoms with Gasteiger partial charge < -0.3 is 24.2 Å². The Labute approximate surface area is 253 Å². The van der Waals surface area contributed by atoms with Crippen LogP contribution in [0.2, 0.25) is 0 Å². The van der Waals surface area contributed by atoms with E-state index in [9.17, 15) is 9.50 Å². The molecule has 2 N–H and O–H groups in total. The Morgan fingerprint density at radius 1 is 1.23 bits per heavy atom. The fraction of sp³-hybridized carbons (Fsp3) is 0.548. The number of nitrogens with zero attached hydrogens (tertiary/aromatic N) is 6. The predicted molar refractivity (Wildman–Crippen MR) is 161 cm³/mol. The minimum absolute atomic E-state index is 0.0234. The molecule has 7 rings (SSSR count). The van der Waals surface area contributed by atoms with E-state index in [1.54, 1.807) is 13.1 Å². The van der Waals surface area contributed by atoms with Crippen LogP contribution in [0.1, 0.15) is 37.3 Å². The Kier molecular flexibility index (Phi) is 7.09. The van der Waals surface area contributed by atoms with Crippen molar-refractivity contribution >= 4 is 27.6 Å². The molecular weight excluding hydrogens is 572 g/mol. The number of halogens is 2. The summed E-state index contributed by atoms with van der Waals surface area (Å²) in [7, 11) is 1.47. The number of aryl methyl sites for hydroxylation is 1. The summed E-state index contributed by atoms with van der Waals surface area (Å²) in [5.74, 6) is -0.207. The van der Waals surface area contributed by atoms with Crippen molar-refractivity contribution in [3.8, 4) is 23.1 Å². The highest BCUT2D eigenvalue weighted by Gasteiger charge is 2.49. The van der Waals surface area contributed by atoms with Gasteiger partial charge in [-0.25, -0.2) is 13.8 Å². The number of aliphatic hydroxyl groups is 1. The lowest BCUT2D eigenvalue weighted by molar-refractivity contribution is -0.0123. The molecule has 3 aromatic heterocycles. The third-order valence-electron chi connectivity index (χ3n) is 9.39. The van der Waals surface area contributed by atoms with Gasteiger partial charge in [-0.15, -0.1) is 0 Å². The molecule has 3 unspecified atom stereocenters. The number of β-amino-alcohol motifs (C(OH)–C–C–N with tert-alkyl or cyclic N) is 1. The van der Waals surface area contributed by atoms with E-state index in [2.05, 4.69) is 20.1 Å². The van der Waals surface area contributed by atoms with Crippen LogP contribution in [-0.4, -0.2) is 106 Å². The number of pyridine rings is 1. The van der Waals surface area contributed by atoms with Gasteiger partial charge in [0.25, 0.3) is 0 Å². The van der Waals surface area contributed by atoms with Crippen molar-refractivity contribution in [1.82, 2.24) is 30.0 Å². The Morgan fingerprint density at radius 3 is 2.89 bits per heavy atom. The van der Waals surface area contributed by atoms with Crippen molar-refractivity contribution < 1.29 is 28.1 Å². The van der Waals surface area contributed by atoms with E-state index in [4.69, 9.17) is 24.2 Å². The van der Waals surface area contributed by atoms with E-state index in [1.165, 1.54) is 7.11 Å². The summed E-state index contributed by atoms with van der Waals surface area (Å²) in [6, 6.07) is 1.93. The number of ether oxygens (including phenoxy) is 3. The highest BCUT2D eigenvalue weighted by Crippen LogP contribution is 2.43. The molecule has 13 heteroatoms. The minimum atomic E-state index is -1.19. The van der Waals surface area contributed by atoms with E-state index in [-0.39, 0.29) is 48.2 Å². The summed E-state index contributed by atoms with van der Waals surface area (Å²) in [5.41, 5.74) is 1.54. The van der Waals surface area contributed by atoms with E-state index in [0.717, 1.165) is 41.4 Å². The molecule has 3 aliphatic heterocycles. The van der Waals surface area contributed by atoms with Gasteiger partial charge >= 0.3 is 6.01 Å². The zero-order chi connectivity index (χ0) is 30.8. The van der Waals surface area contributed by atoms with Crippen LogP contribution in [-0.2, 0) is 4.74 Å². The monoisotopic (exact) mass is 609 g/mol. The van der Waals surface area contributed by atoms with Gasteiger partial charge in [0, 0.05) is 30.5 Å². The highest BCUT2D eigenvalue weighted by atomic mass is 19.1. The van der Waals surface area contributed by atoms with Crippen molar-refractivity contribution in [2.75, 3.05) is 58.0 Å². The van der Waals surface area contributed by atoms with E-state index in [1.807, 2.05) is 24.8 Å². The van der Waals surface area contributed by atoms with Crippen LogP contribution in [0.15, 0.2) is 12.3 Å². The van der Waals surface area contributed by atoms with Gasteiger partial charge in [0.05, 0.1) is 44.1 Å². The van der Waals surface area contributed by atoms with Crippen molar-refractivity contribution in [2.45, 2.75) is 57.3 Å². The minimum Gasteiger partial charge on any atom is -0.480 e. The number of H-pyrrole nitrogens is 1. The SMILES string of the molecule is COc1nc(-c2c(C)c(C)cc3[nH]ncc23)c(F)c2nc(OCC34CCCN3CC(F)C4)nc(N3CCOCC(C)(O)C3)c12. The smallest absolute Gasteiger partial charge is 0.319 e. The summed E-state index contributed by atoms with van der Waals surface area (Å²) in [6.45, 7) is 7.93. The molecule has 4 aromatic rings. The van der Waals surface area contributed by atoms with Crippen molar-refractivity contribution in [1.29, 1.82) is 0 Å². The van der Waals surface area contributed by atoms with Crippen molar-refractivity contribution in [3.63, 3.8) is 0 Å². The lowest BCUT2D eigenvalue weighted by atomic mass is 9.95. The van der Waals surface area contributed by atoms with E-state index < -0.39 is 23.1 Å². The maximum absolute atomic E-state index is 16.9. The first-order valence-electron chi connectivity index (χ1n) is 15.0. The number of anilines is 1. The zero-order valence-electron chi connectivity index (χ0n) is 25.4. The molecule has 0 radical (unpaired) electrons. The molecule has 234 valence electrons. The maximum atomic E-state index is 16.9. The second-order valence-corrected chi connectivity index (χ2v) is 12.7. The lowest BCUT2D eigenvalue weighted by Gasteiger charge is -2.31. The predicted octanol–water partition coefficient (Wildman–Crippen LogP) is 3.88. The first-order chi connectivity index (χ1) is 21.1. The van der Waals surface area contributed by atoms with Crippen LogP contribution in [0.3, 0.4) is 0 Å². The van der Waals surface area contributed by atoms with Crippen LogP contribution in [0.4, 0.5) is 14.6 Å². The third kappa shape index (κ3) is 4.81. The molecule has 0 saturated carbocycles. The largest absolute Gasteiger partial charge is 0.480 e. The molecule has 11 nitrogen and oxygen atoms in total. The average Bonchev–Trinajstić information content (AvgIpc) is 3.65. The second-order valence-electron chi connectivity index (χ2n) is 12.7. The highest BCUT2D eigenvalue weighted by molar-refractivity contribution is 6.01. The maximum Gasteiger partial charge on any atom is 0.319 e. The summed E-state index contributed by atoms with van der Waals surface area (Å²) in [6.07, 6.45) is 2.88. The number of aromatic nitrogens is 5. The van der Waals surface area contributed by atoms with Gasteiger partial charge in [-0.2, -0.15) is 15.1 Å². The summed E-state index contributed by atoms with van der Waals surface area (Å²) in [4.78, 5) is 18.0. The third-order valence-corrected chi connectivity index (χ3v) is 9.39. The second kappa shape index (κ2) is 10.7. The van der Waals surface area contributed by atoms with Crippen LogP contribution >= 0.6 is 0 Å². The fourth-order valence-electron chi connectivity index (χ4n) is 7.18. The van der Waals surface area contributed by atoms with Gasteiger partial charge in [0.1, 0.15) is 40.8 Å². The normalized spacial score (nSPS) is 26.0. The van der Waals surface area contributed by atoms with Gasteiger partial charge in [-0.1, -0.05) is 0 Å². The molecule has 6 heterocycles. The Balaban J connectivity index is 1.42. The molecule has 0 aliphatic carbocycles. The van der Waals surface area contributed by atoms with Gasteiger partial charge in [0.2, 0.25) is 5.88 Å². The topological polar surface area (TPSA) is 122 Å². The number of benzene rings is 1. The Hall–Kier alpha value is -3.68.